The van der Waals surface area contributed by atoms with E-state index in [4.69, 9.17) is 4.89 Å². The Hall–Kier alpha value is -0.930. The first-order valence-electron chi connectivity index (χ1n) is 7.50. The van der Waals surface area contributed by atoms with Gasteiger partial charge in [0.25, 0.3) is 0 Å². The van der Waals surface area contributed by atoms with Crippen LogP contribution in [0.3, 0.4) is 0 Å². The number of carbonyl (C=O) groups excluding carboxylic acids is 1. The lowest BCUT2D eigenvalue weighted by molar-refractivity contribution is -0.316. The van der Waals surface area contributed by atoms with Gasteiger partial charge >= 0.3 is 0 Å². The van der Waals surface area contributed by atoms with Gasteiger partial charge in [0.15, 0.2) is 5.78 Å². The van der Waals surface area contributed by atoms with Crippen LogP contribution in [0, 0.1) is 16.2 Å². The quantitative estimate of drug-likeness (QED) is 0.558. The van der Waals surface area contributed by atoms with Gasteiger partial charge in [0.05, 0.1) is 0 Å². The molecule has 0 aromatic heterocycles. The van der Waals surface area contributed by atoms with E-state index in [0.717, 1.165) is 0 Å². The van der Waals surface area contributed by atoms with Crippen molar-refractivity contribution >= 4 is 5.78 Å². The molecule has 21 heavy (non-hydrogen) atoms. The number of ketones is 1. The Morgan fingerprint density at radius 1 is 0.857 bits per heavy atom. The third-order valence-corrected chi connectivity index (χ3v) is 4.15. The maximum absolute atomic E-state index is 12.9. The van der Waals surface area contributed by atoms with Crippen LogP contribution >= 0.6 is 0 Å². The molecular formula is C18H30O3. The summed E-state index contributed by atoms with van der Waals surface area (Å²) in [5.74, 6) is 0.0481. The number of rotatable bonds is 1. The molecule has 3 heteroatoms. The molecule has 0 spiro atoms. The Morgan fingerprint density at radius 2 is 1.19 bits per heavy atom. The number of Topliss-reactive ketones (excluding diaryl/α,β-unsaturated/α-hetero) is 1. The van der Waals surface area contributed by atoms with Crippen molar-refractivity contribution in [2.24, 2.45) is 16.2 Å². The van der Waals surface area contributed by atoms with Crippen LogP contribution in [0.25, 0.3) is 0 Å². The van der Waals surface area contributed by atoms with Crippen molar-refractivity contribution in [2.75, 3.05) is 0 Å². The molecule has 0 unspecified atom stereocenters. The molecule has 0 radical (unpaired) electrons. The maximum atomic E-state index is 12.9. The summed E-state index contributed by atoms with van der Waals surface area (Å²) in [5.41, 5.74) is -0.604. The third-order valence-electron chi connectivity index (χ3n) is 4.15. The maximum Gasteiger partial charge on any atom is 0.185 e. The zero-order valence-corrected chi connectivity index (χ0v) is 14.9. The normalized spacial score (nSPS) is 20.2. The first-order chi connectivity index (χ1) is 9.16. The predicted octanol–water partition coefficient (Wildman–Crippen LogP) is 4.79. The molecule has 0 aromatic carbocycles. The molecule has 1 rings (SSSR count). The van der Waals surface area contributed by atoms with Gasteiger partial charge in [-0.1, -0.05) is 62.3 Å². The first-order valence-corrected chi connectivity index (χ1v) is 7.50. The minimum Gasteiger partial charge on any atom is -0.289 e. The van der Waals surface area contributed by atoms with Gasteiger partial charge in [-0.05, 0) is 23.0 Å². The summed E-state index contributed by atoms with van der Waals surface area (Å²) in [6.45, 7) is 18.0. The van der Waals surface area contributed by atoms with Crippen LogP contribution in [0.2, 0.25) is 0 Å². The fourth-order valence-electron chi connectivity index (χ4n) is 2.48. The predicted molar refractivity (Wildman–Crippen MR) is 86.0 cm³/mol. The van der Waals surface area contributed by atoms with Crippen molar-refractivity contribution in [3.63, 3.8) is 0 Å². The van der Waals surface area contributed by atoms with Gasteiger partial charge in [0, 0.05) is 16.6 Å². The summed E-state index contributed by atoms with van der Waals surface area (Å²) >= 11 is 0. The molecule has 0 saturated carbocycles. The molecule has 0 atom stereocenters. The molecule has 1 aliphatic rings. The fourth-order valence-corrected chi connectivity index (χ4v) is 2.48. The van der Waals surface area contributed by atoms with Crippen molar-refractivity contribution < 1.29 is 14.9 Å². The summed E-state index contributed by atoms with van der Waals surface area (Å²) < 4.78 is 0. The average Bonchev–Trinajstić information content (AvgIpc) is 2.24. The Bertz CT molecular complexity index is 454. The summed E-state index contributed by atoms with van der Waals surface area (Å²) in [6.07, 6.45) is 3.59. The second kappa shape index (κ2) is 5.06. The molecule has 0 bridgehead atoms. The summed E-state index contributed by atoms with van der Waals surface area (Å²) in [7, 11) is 0. The standard InChI is InChI=1S/C18H30O3/c1-15(2,3)12-10-18(21-20,17(7,8)9)11-13(14(12)19)16(4,5)6/h10-11,20H,1-9H3. The minimum absolute atomic E-state index is 0.0481. The Kier molecular flexibility index (Phi) is 4.37. The van der Waals surface area contributed by atoms with Gasteiger partial charge in [-0.15, -0.1) is 0 Å². The molecule has 0 fully saturated rings. The third kappa shape index (κ3) is 3.29. The van der Waals surface area contributed by atoms with Gasteiger partial charge in [-0.25, -0.2) is 4.89 Å². The van der Waals surface area contributed by atoms with E-state index >= 15 is 0 Å². The van der Waals surface area contributed by atoms with Crippen molar-refractivity contribution in [1.29, 1.82) is 0 Å². The highest BCUT2D eigenvalue weighted by Crippen LogP contribution is 2.46. The van der Waals surface area contributed by atoms with E-state index in [0.29, 0.717) is 11.1 Å². The molecule has 120 valence electrons. The smallest absolute Gasteiger partial charge is 0.185 e. The number of carbonyl (C=O) groups is 1. The highest BCUT2D eigenvalue weighted by atomic mass is 17.1. The van der Waals surface area contributed by atoms with E-state index in [2.05, 4.69) is 0 Å². The molecule has 0 aromatic rings. The van der Waals surface area contributed by atoms with Crippen LogP contribution in [-0.2, 0) is 9.68 Å². The van der Waals surface area contributed by atoms with Crippen LogP contribution in [0.15, 0.2) is 23.3 Å². The second-order valence-electron chi connectivity index (χ2n) is 9.08. The van der Waals surface area contributed by atoms with E-state index in [9.17, 15) is 10.1 Å². The van der Waals surface area contributed by atoms with E-state index < -0.39 is 5.60 Å². The number of hydrogen-bond donors (Lipinski definition) is 1. The van der Waals surface area contributed by atoms with Gasteiger partial charge in [0.2, 0.25) is 0 Å². The molecule has 1 N–H and O–H groups in total. The van der Waals surface area contributed by atoms with Gasteiger partial charge in [-0.3, -0.25) is 10.1 Å². The molecule has 0 amide bonds. The monoisotopic (exact) mass is 294 g/mol. The van der Waals surface area contributed by atoms with Gasteiger partial charge < -0.3 is 0 Å². The van der Waals surface area contributed by atoms with Crippen molar-refractivity contribution in [2.45, 2.75) is 67.9 Å². The molecule has 0 saturated heterocycles. The van der Waals surface area contributed by atoms with Crippen molar-refractivity contribution in [3.8, 4) is 0 Å². The summed E-state index contributed by atoms with van der Waals surface area (Å²) in [5, 5.41) is 9.63. The lowest BCUT2D eigenvalue weighted by Gasteiger charge is -2.43. The Balaban J connectivity index is 3.67. The van der Waals surface area contributed by atoms with E-state index in [1.165, 1.54) is 0 Å². The van der Waals surface area contributed by atoms with Crippen molar-refractivity contribution in [3.05, 3.63) is 23.3 Å². The summed E-state index contributed by atoms with van der Waals surface area (Å²) in [6, 6.07) is 0. The topological polar surface area (TPSA) is 46.5 Å². The van der Waals surface area contributed by atoms with Crippen LogP contribution in [0.5, 0.6) is 0 Å². The SMILES string of the molecule is CC(C)(C)C1=CC(OO)(C(C)(C)C)C=C(C(C)(C)C)C1=O. The summed E-state index contributed by atoms with van der Waals surface area (Å²) in [4.78, 5) is 17.8. The van der Waals surface area contributed by atoms with E-state index in [1.807, 2.05) is 62.3 Å². The molecular weight excluding hydrogens is 264 g/mol. The Morgan fingerprint density at radius 3 is 1.38 bits per heavy atom. The Labute approximate surface area is 129 Å². The van der Waals surface area contributed by atoms with E-state index in [1.54, 1.807) is 12.2 Å². The largest absolute Gasteiger partial charge is 0.289 e. The van der Waals surface area contributed by atoms with Crippen LogP contribution in [0.1, 0.15) is 62.3 Å². The molecule has 1 aliphatic carbocycles. The van der Waals surface area contributed by atoms with Crippen LogP contribution in [-0.4, -0.2) is 16.6 Å². The highest BCUT2D eigenvalue weighted by molar-refractivity contribution is 6.11. The van der Waals surface area contributed by atoms with Gasteiger partial charge in [0.1, 0.15) is 5.60 Å². The minimum atomic E-state index is -0.994. The molecule has 0 aliphatic heterocycles. The lowest BCUT2D eigenvalue weighted by Crippen LogP contribution is -2.46. The second-order valence-corrected chi connectivity index (χ2v) is 9.08. The van der Waals surface area contributed by atoms with Crippen LogP contribution in [0.4, 0.5) is 0 Å². The van der Waals surface area contributed by atoms with Crippen LogP contribution < -0.4 is 0 Å². The average molecular weight is 294 g/mol. The zero-order chi connectivity index (χ0) is 16.9. The first kappa shape index (κ1) is 18.1. The molecule has 3 nitrogen and oxygen atoms in total. The number of allylic oxidation sites excluding steroid dienone is 2. The number of hydrogen-bond acceptors (Lipinski definition) is 3. The fraction of sp³-hybridized carbons (Fsp3) is 0.722. The lowest BCUT2D eigenvalue weighted by atomic mass is 9.64. The van der Waals surface area contributed by atoms with E-state index in [-0.39, 0.29) is 22.0 Å². The zero-order valence-electron chi connectivity index (χ0n) is 14.9. The van der Waals surface area contributed by atoms with Crippen molar-refractivity contribution in [1.82, 2.24) is 0 Å². The van der Waals surface area contributed by atoms with Gasteiger partial charge in [-0.2, -0.15) is 0 Å². The molecule has 0 heterocycles. The highest BCUT2D eigenvalue weighted by Gasteiger charge is 2.48.